The zero-order chi connectivity index (χ0) is 13.4. The van der Waals surface area contributed by atoms with E-state index in [4.69, 9.17) is 11.6 Å². The molecule has 0 saturated heterocycles. The van der Waals surface area contributed by atoms with Crippen LogP contribution < -0.4 is 0 Å². The summed E-state index contributed by atoms with van der Waals surface area (Å²) in [5, 5.41) is 0.445. The molecule has 1 N–H and O–H groups in total. The summed E-state index contributed by atoms with van der Waals surface area (Å²) < 4.78 is 0. The quantitative estimate of drug-likeness (QED) is 0.907. The lowest BCUT2D eigenvalue weighted by Crippen LogP contribution is -2.21. The fraction of sp³-hybridized carbons (Fsp3) is 0.385. The number of benzene rings is 1. The zero-order valence-electron chi connectivity index (χ0n) is 10.9. The Balaban J connectivity index is 2.57. The average molecular weight is 266 g/mol. The van der Waals surface area contributed by atoms with Gasteiger partial charge in [0.25, 0.3) is 5.91 Å². The van der Waals surface area contributed by atoms with Gasteiger partial charge in [0.05, 0.1) is 21.6 Å². The van der Waals surface area contributed by atoms with E-state index in [0.29, 0.717) is 16.5 Å². The Bertz CT molecular complexity index is 602. The van der Waals surface area contributed by atoms with E-state index >= 15 is 0 Å². The lowest BCUT2D eigenvalue weighted by Gasteiger charge is -2.11. The molecule has 4 nitrogen and oxygen atoms in total. The number of fused-ring (bicyclic) bond motifs is 1. The molecule has 0 spiro atoms. The normalized spacial score (nSPS) is 11.2. The molecule has 1 heterocycles. The van der Waals surface area contributed by atoms with Crippen LogP contribution in [-0.2, 0) is 0 Å². The van der Waals surface area contributed by atoms with E-state index in [1.165, 1.54) is 4.90 Å². The summed E-state index contributed by atoms with van der Waals surface area (Å²) in [6.45, 7) is 4.12. The maximum atomic E-state index is 12.0. The smallest absolute Gasteiger partial charge is 0.254 e. The van der Waals surface area contributed by atoms with Crippen LogP contribution >= 0.6 is 11.6 Å². The van der Waals surface area contributed by atoms with Gasteiger partial charge in [-0.05, 0) is 12.1 Å². The van der Waals surface area contributed by atoms with Crippen molar-refractivity contribution < 1.29 is 4.79 Å². The number of nitrogens with one attached hydrogen (secondary N) is 1. The molecule has 96 valence electrons. The maximum absolute atomic E-state index is 12.0. The molecule has 1 amide bonds. The van der Waals surface area contributed by atoms with Gasteiger partial charge in [0.2, 0.25) is 0 Å². The molecule has 0 unspecified atom stereocenters. The minimum absolute atomic E-state index is 0.115. The molecule has 0 saturated carbocycles. The fourth-order valence-electron chi connectivity index (χ4n) is 1.73. The van der Waals surface area contributed by atoms with E-state index < -0.39 is 0 Å². The highest BCUT2D eigenvalue weighted by molar-refractivity contribution is 6.34. The third-order valence-corrected chi connectivity index (χ3v) is 3.09. The molecule has 0 aliphatic carbocycles. The molecule has 0 aliphatic rings. The Morgan fingerprint density at radius 2 is 2.06 bits per heavy atom. The van der Waals surface area contributed by atoms with Crippen LogP contribution in [0.15, 0.2) is 12.1 Å². The van der Waals surface area contributed by atoms with Crippen LogP contribution in [0.2, 0.25) is 5.02 Å². The van der Waals surface area contributed by atoms with Crippen LogP contribution in [0.4, 0.5) is 0 Å². The van der Waals surface area contributed by atoms with Crippen molar-refractivity contribution in [2.24, 2.45) is 0 Å². The van der Waals surface area contributed by atoms with E-state index in [1.54, 1.807) is 26.2 Å². The third-order valence-electron chi connectivity index (χ3n) is 2.77. The van der Waals surface area contributed by atoms with E-state index in [2.05, 4.69) is 23.8 Å². The first-order valence-corrected chi connectivity index (χ1v) is 6.18. The molecule has 0 bridgehead atoms. The van der Waals surface area contributed by atoms with Gasteiger partial charge < -0.3 is 9.88 Å². The summed E-state index contributed by atoms with van der Waals surface area (Å²) in [7, 11) is 3.40. The SMILES string of the molecule is CC(C)c1nc2cc(C(=O)N(C)C)c(Cl)cc2[nH]1. The van der Waals surface area contributed by atoms with Crippen molar-refractivity contribution >= 4 is 28.5 Å². The molecular weight excluding hydrogens is 250 g/mol. The van der Waals surface area contributed by atoms with Gasteiger partial charge in [-0.2, -0.15) is 0 Å². The molecule has 0 fully saturated rings. The number of hydrogen-bond acceptors (Lipinski definition) is 2. The topological polar surface area (TPSA) is 49.0 Å². The van der Waals surface area contributed by atoms with E-state index in [-0.39, 0.29) is 5.91 Å². The number of imidazole rings is 1. The van der Waals surface area contributed by atoms with E-state index in [9.17, 15) is 4.79 Å². The Labute approximate surface area is 111 Å². The molecule has 2 rings (SSSR count). The van der Waals surface area contributed by atoms with Crippen molar-refractivity contribution in [2.45, 2.75) is 19.8 Å². The van der Waals surface area contributed by atoms with Crippen LogP contribution in [0, 0.1) is 0 Å². The molecule has 0 atom stereocenters. The van der Waals surface area contributed by atoms with Gasteiger partial charge >= 0.3 is 0 Å². The number of hydrogen-bond donors (Lipinski definition) is 1. The Kier molecular flexibility index (Phi) is 3.30. The molecule has 0 radical (unpaired) electrons. The highest BCUT2D eigenvalue weighted by Crippen LogP contribution is 2.25. The van der Waals surface area contributed by atoms with Gasteiger partial charge in [-0.15, -0.1) is 0 Å². The predicted octanol–water partition coefficient (Wildman–Crippen LogP) is 3.04. The van der Waals surface area contributed by atoms with Crippen molar-refractivity contribution in [2.75, 3.05) is 14.1 Å². The summed E-state index contributed by atoms with van der Waals surface area (Å²) in [6, 6.07) is 3.49. The maximum Gasteiger partial charge on any atom is 0.254 e. The van der Waals surface area contributed by atoms with Crippen LogP contribution in [-0.4, -0.2) is 34.9 Å². The first-order chi connectivity index (χ1) is 8.40. The zero-order valence-corrected chi connectivity index (χ0v) is 11.7. The number of aromatic nitrogens is 2. The standard InChI is InChI=1S/C13H16ClN3O/c1-7(2)12-15-10-5-8(13(18)17(3)4)9(14)6-11(10)16-12/h5-7H,1-4H3,(H,15,16). The lowest BCUT2D eigenvalue weighted by molar-refractivity contribution is 0.0828. The Hall–Kier alpha value is -1.55. The number of rotatable bonds is 2. The summed E-state index contributed by atoms with van der Waals surface area (Å²) in [5.41, 5.74) is 2.11. The van der Waals surface area contributed by atoms with Crippen molar-refractivity contribution in [3.05, 3.63) is 28.5 Å². The first-order valence-electron chi connectivity index (χ1n) is 5.81. The first kappa shape index (κ1) is 12.9. The van der Waals surface area contributed by atoms with Crippen molar-refractivity contribution in [1.29, 1.82) is 0 Å². The fourth-order valence-corrected chi connectivity index (χ4v) is 1.97. The molecule has 5 heteroatoms. The largest absolute Gasteiger partial charge is 0.345 e. The second kappa shape index (κ2) is 4.61. The summed E-state index contributed by atoms with van der Waals surface area (Å²) in [6.07, 6.45) is 0. The van der Waals surface area contributed by atoms with E-state index in [1.807, 2.05) is 0 Å². The molecule has 2 aromatic rings. The summed E-state index contributed by atoms with van der Waals surface area (Å²) in [5.74, 6) is 1.09. The van der Waals surface area contributed by atoms with E-state index in [0.717, 1.165) is 16.9 Å². The summed E-state index contributed by atoms with van der Waals surface area (Å²) in [4.78, 5) is 21.1. The number of aromatic amines is 1. The van der Waals surface area contributed by atoms with Gasteiger partial charge in [-0.25, -0.2) is 4.98 Å². The van der Waals surface area contributed by atoms with Gasteiger partial charge in [0.1, 0.15) is 5.82 Å². The minimum atomic E-state index is -0.115. The molecule has 0 aliphatic heterocycles. The lowest BCUT2D eigenvalue weighted by atomic mass is 10.2. The number of amides is 1. The second-order valence-corrected chi connectivity index (χ2v) is 5.23. The Morgan fingerprint density at radius 1 is 1.39 bits per heavy atom. The van der Waals surface area contributed by atoms with Crippen LogP contribution in [0.1, 0.15) is 35.9 Å². The number of nitrogens with zero attached hydrogens (tertiary/aromatic N) is 2. The minimum Gasteiger partial charge on any atom is -0.345 e. The van der Waals surface area contributed by atoms with Crippen LogP contribution in [0.25, 0.3) is 11.0 Å². The van der Waals surface area contributed by atoms with Crippen LogP contribution in [0.3, 0.4) is 0 Å². The number of halogens is 1. The molecule has 1 aromatic carbocycles. The summed E-state index contributed by atoms with van der Waals surface area (Å²) >= 11 is 6.14. The van der Waals surface area contributed by atoms with Gasteiger partial charge in [-0.3, -0.25) is 4.79 Å². The monoisotopic (exact) mass is 265 g/mol. The van der Waals surface area contributed by atoms with Crippen molar-refractivity contribution in [1.82, 2.24) is 14.9 Å². The van der Waals surface area contributed by atoms with Gasteiger partial charge in [0, 0.05) is 20.0 Å². The number of carbonyl (C=O) groups excluding carboxylic acids is 1. The van der Waals surface area contributed by atoms with Crippen LogP contribution in [0.5, 0.6) is 0 Å². The number of H-pyrrole nitrogens is 1. The highest BCUT2D eigenvalue weighted by Gasteiger charge is 2.15. The molecular formula is C13H16ClN3O. The average Bonchev–Trinajstić information content (AvgIpc) is 2.69. The number of carbonyl (C=O) groups is 1. The van der Waals surface area contributed by atoms with Gasteiger partial charge in [0.15, 0.2) is 0 Å². The molecule has 1 aromatic heterocycles. The Morgan fingerprint density at radius 3 is 2.61 bits per heavy atom. The molecule has 18 heavy (non-hydrogen) atoms. The second-order valence-electron chi connectivity index (χ2n) is 4.83. The highest BCUT2D eigenvalue weighted by atomic mass is 35.5. The third kappa shape index (κ3) is 2.20. The van der Waals surface area contributed by atoms with Crippen molar-refractivity contribution in [3.8, 4) is 0 Å². The van der Waals surface area contributed by atoms with Crippen molar-refractivity contribution in [3.63, 3.8) is 0 Å². The predicted molar refractivity (Wildman–Crippen MR) is 73.2 cm³/mol. The van der Waals surface area contributed by atoms with Gasteiger partial charge in [-0.1, -0.05) is 25.4 Å².